The molecule has 0 spiro atoms. The van der Waals surface area contributed by atoms with Gasteiger partial charge < -0.3 is 15.4 Å². The van der Waals surface area contributed by atoms with E-state index in [0.717, 1.165) is 18.5 Å². The molecule has 0 aliphatic heterocycles. The van der Waals surface area contributed by atoms with E-state index >= 15 is 0 Å². The van der Waals surface area contributed by atoms with Crippen molar-refractivity contribution in [1.82, 2.24) is 9.88 Å². The summed E-state index contributed by atoms with van der Waals surface area (Å²) in [7, 11) is 3.36. The van der Waals surface area contributed by atoms with E-state index in [1.165, 1.54) is 0 Å². The Bertz CT molecular complexity index is 407. The molecule has 0 radical (unpaired) electrons. The quantitative estimate of drug-likeness (QED) is 0.828. The number of rotatable bonds is 6. The Balaban J connectivity index is 2.84. The number of nitrogen functional groups attached to an aromatic ring is 1. The summed E-state index contributed by atoms with van der Waals surface area (Å²) in [6.07, 6.45) is 1.80. The lowest BCUT2D eigenvalue weighted by molar-refractivity contribution is 0.0744. The Morgan fingerprint density at radius 1 is 1.50 bits per heavy atom. The minimum Gasteiger partial charge on any atom is -0.384 e. The standard InChI is InChI=1S/C13H21N3O2/c1-4-5-11-8-10(9-12(14)15-11)13(17)16(2)6-7-18-3/h8-9H,4-7H2,1-3H3,(H2,14,15). The minimum atomic E-state index is -0.0569. The van der Waals surface area contributed by atoms with Gasteiger partial charge in [0, 0.05) is 32.0 Å². The lowest BCUT2D eigenvalue weighted by Gasteiger charge is -2.17. The normalized spacial score (nSPS) is 10.4. The van der Waals surface area contributed by atoms with E-state index in [-0.39, 0.29) is 5.91 Å². The highest BCUT2D eigenvalue weighted by Gasteiger charge is 2.13. The van der Waals surface area contributed by atoms with Crippen LogP contribution < -0.4 is 5.73 Å². The van der Waals surface area contributed by atoms with Crippen molar-refractivity contribution >= 4 is 11.7 Å². The van der Waals surface area contributed by atoms with Gasteiger partial charge >= 0.3 is 0 Å². The van der Waals surface area contributed by atoms with Gasteiger partial charge in [-0.15, -0.1) is 0 Å². The second-order valence-corrected chi connectivity index (χ2v) is 4.24. The van der Waals surface area contributed by atoms with Crippen LogP contribution in [-0.2, 0) is 11.2 Å². The van der Waals surface area contributed by atoms with E-state index in [1.807, 2.05) is 6.07 Å². The third-order valence-corrected chi connectivity index (χ3v) is 2.63. The van der Waals surface area contributed by atoms with Crippen molar-refractivity contribution in [1.29, 1.82) is 0 Å². The summed E-state index contributed by atoms with van der Waals surface area (Å²) in [5.41, 5.74) is 7.17. The van der Waals surface area contributed by atoms with Crippen molar-refractivity contribution in [3.63, 3.8) is 0 Å². The van der Waals surface area contributed by atoms with Crippen LogP contribution in [0.15, 0.2) is 12.1 Å². The molecule has 1 rings (SSSR count). The van der Waals surface area contributed by atoms with Gasteiger partial charge in [-0.3, -0.25) is 4.79 Å². The van der Waals surface area contributed by atoms with E-state index in [1.54, 1.807) is 25.1 Å². The Kier molecular flexibility index (Phi) is 5.58. The number of hydrogen-bond donors (Lipinski definition) is 1. The van der Waals surface area contributed by atoms with Gasteiger partial charge in [-0.25, -0.2) is 4.98 Å². The predicted molar refractivity (Wildman–Crippen MR) is 71.5 cm³/mol. The number of aromatic nitrogens is 1. The van der Waals surface area contributed by atoms with Crippen molar-refractivity contribution in [3.8, 4) is 0 Å². The third kappa shape index (κ3) is 4.00. The van der Waals surface area contributed by atoms with E-state index < -0.39 is 0 Å². The summed E-state index contributed by atoms with van der Waals surface area (Å²) in [5.74, 6) is 0.336. The summed E-state index contributed by atoms with van der Waals surface area (Å²) in [6.45, 7) is 3.14. The number of aryl methyl sites for hydroxylation is 1. The third-order valence-electron chi connectivity index (χ3n) is 2.63. The largest absolute Gasteiger partial charge is 0.384 e. The highest BCUT2D eigenvalue weighted by atomic mass is 16.5. The molecule has 1 amide bonds. The molecule has 0 unspecified atom stereocenters. The number of likely N-dealkylation sites (N-methyl/N-ethyl adjacent to an activating group) is 1. The SMILES string of the molecule is CCCc1cc(C(=O)N(C)CCOC)cc(N)n1. The number of carbonyl (C=O) groups excluding carboxylic acids is 1. The first-order valence-electron chi connectivity index (χ1n) is 6.09. The first-order valence-corrected chi connectivity index (χ1v) is 6.09. The molecule has 2 N–H and O–H groups in total. The minimum absolute atomic E-state index is 0.0569. The van der Waals surface area contributed by atoms with Crippen LogP contribution >= 0.6 is 0 Å². The highest BCUT2D eigenvalue weighted by Crippen LogP contribution is 2.11. The number of ether oxygens (including phenoxy) is 1. The lowest BCUT2D eigenvalue weighted by atomic mass is 10.1. The second kappa shape index (κ2) is 6.96. The van der Waals surface area contributed by atoms with Crippen molar-refractivity contribution in [3.05, 3.63) is 23.4 Å². The van der Waals surface area contributed by atoms with Crippen LogP contribution in [-0.4, -0.2) is 43.1 Å². The fraction of sp³-hybridized carbons (Fsp3) is 0.538. The topological polar surface area (TPSA) is 68.5 Å². The number of amides is 1. The van der Waals surface area contributed by atoms with Gasteiger partial charge in [0.25, 0.3) is 5.91 Å². The van der Waals surface area contributed by atoms with E-state index in [9.17, 15) is 4.79 Å². The van der Waals surface area contributed by atoms with Crippen molar-refractivity contribution < 1.29 is 9.53 Å². The molecule has 1 heterocycles. The monoisotopic (exact) mass is 251 g/mol. The Hall–Kier alpha value is -1.62. The van der Waals surface area contributed by atoms with Crippen LogP contribution in [0.4, 0.5) is 5.82 Å². The number of nitrogens with two attached hydrogens (primary N) is 1. The van der Waals surface area contributed by atoms with Gasteiger partial charge in [-0.1, -0.05) is 13.3 Å². The first kappa shape index (κ1) is 14.4. The lowest BCUT2D eigenvalue weighted by Crippen LogP contribution is -2.30. The Morgan fingerprint density at radius 2 is 2.22 bits per heavy atom. The molecular weight excluding hydrogens is 230 g/mol. The molecule has 0 bridgehead atoms. The first-order chi connectivity index (χ1) is 8.58. The maximum atomic E-state index is 12.1. The number of hydrogen-bond acceptors (Lipinski definition) is 4. The van der Waals surface area contributed by atoms with Crippen LogP contribution in [0.3, 0.4) is 0 Å². The van der Waals surface area contributed by atoms with Gasteiger partial charge in [0.15, 0.2) is 0 Å². The molecule has 0 aliphatic carbocycles. The Labute approximate surface area is 108 Å². The molecule has 18 heavy (non-hydrogen) atoms. The molecule has 100 valence electrons. The molecule has 0 saturated carbocycles. The molecule has 0 aliphatic rings. The molecule has 0 saturated heterocycles. The highest BCUT2D eigenvalue weighted by molar-refractivity contribution is 5.94. The number of pyridine rings is 1. The van der Waals surface area contributed by atoms with Gasteiger partial charge in [0.2, 0.25) is 0 Å². The number of methoxy groups -OCH3 is 1. The van der Waals surface area contributed by atoms with Crippen molar-refractivity contribution in [2.24, 2.45) is 0 Å². The predicted octanol–water partition coefficient (Wildman–Crippen LogP) is 1.33. The molecule has 0 aromatic carbocycles. The molecule has 5 heteroatoms. The molecule has 0 atom stereocenters. The van der Waals surface area contributed by atoms with Crippen LogP contribution in [0.2, 0.25) is 0 Å². The molecular formula is C13H21N3O2. The molecule has 1 aromatic heterocycles. The molecule has 1 aromatic rings. The summed E-state index contributed by atoms with van der Waals surface area (Å²) >= 11 is 0. The van der Waals surface area contributed by atoms with E-state index in [0.29, 0.717) is 24.5 Å². The van der Waals surface area contributed by atoms with Gasteiger partial charge in [-0.2, -0.15) is 0 Å². The number of anilines is 1. The summed E-state index contributed by atoms with van der Waals surface area (Å²) in [4.78, 5) is 18.0. The molecule has 5 nitrogen and oxygen atoms in total. The molecule has 0 fully saturated rings. The summed E-state index contributed by atoms with van der Waals surface area (Å²) in [6, 6.07) is 3.43. The summed E-state index contributed by atoms with van der Waals surface area (Å²) < 4.78 is 4.95. The zero-order valence-electron chi connectivity index (χ0n) is 11.3. The van der Waals surface area contributed by atoms with Crippen LogP contribution in [0, 0.1) is 0 Å². The van der Waals surface area contributed by atoms with Gasteiger partial charge in [-0.05, 0) is 18.6 Å². The maximum Gasteiger partial charge on any atom is 0.253 e. The second-order valence-electron chi connectivity index (χ2n) is 4.24. The number of carbonyl (C=O) groups is 1. The fourth-order valence-corrected chi connectivity index (χ4v) is 1.67. The van der Waals surface area contributed by atoms with E-state index in [4.69, 9.17) is 10.5 Å². The van der Waals surface area contributed by atoms with Crippen LogP contribution in [0.5, 0.6) is 0 Å². The van der Waals surface area contributed by atoms with Crippen molar-refractivity contribution in [2.45, 2.75) is 19.8 Å². The van der Waals surface area contributed by atoms with Crippen LogP contribution in [0.1, 0.15) is 29.4 Å². The Morgan fingerprint density at radius 3 is 2.83 bits per heavy atom. The van der Waals surface area contributed by atoms with Crippen molar-refractivity contribution in [2.75, 3.05) is 33.0 Å². The number of nitrogens with zero attached hydrogens (tertiary/aromatic N) is 2. The maximum absolute atomic E-state index is 12.1. The zero-order chi connectivity index (χ0) is 13.5. The average Bonchev–Trinajstić information content (AvgIpc) is 2.34. The van der Waals surface area contributed by atoms with Gasteiger partial charge in [0.1, 0.15) is 5.82 Å². The average molecular weight is 251 g/mol. The van der Waals surface area contributed by atoms with Crippen LogP contribution in [0.25, 0.3) is 0 Å². The summed E-state index contributed by atoms with van der Waals surface area (Å²) in [5, 5.41) is 0. The van der Waals surface area contributed by atoms with E-state index in [2.05, 4.69) is 11.9 Å². The smallest absolute Gasteiger partial charge is 0.253 e. The van der Waals surface area contributed by atoms with Gasteiger partial charge in [0.05, 0.1) is 6.61 Å². The zero-order valence-corrected chi connectivity index (χ0v) is 11.3. The fourth-order valence-electron chi connectivity index (χ4n) is 1.67.